The van der Waals surface area contributed by atoms with E-state index in [-0.39, 0.29) is 11.5 Å². The number of nitrogens with zero attached hydrogens (tertiary/aromatic N) is 1. The van der Waals surface area contributed by atoms with Crippen molar-refractivity contribution in [3.05, 3.63) is 131 Å². The lowest BCUT2D eigenvalue weighted by Crippen LogP contribution is -2.32. The normalized spacial score (nSPS) is 10.6. The molecule has 4 aromatic rings. The monoisotopic (exact) mass is 463 g/mol. The van der Waals surface area contributed by atoms with Crippen molar-refractivity contribution in [1.82, 2.24) is 4.90 Å². The summed E-state index contributed by atoms with van der Waals surface area (Å²) in [5.41, 5.74) is 5.69. The fourth-order valence-electron chi connectivity index (χ4n) is 4.08. The van der Waals surface area contributed by atoms with E-state index in [2.05, 4.69) is 24.3 Å². The number of aromatic carboxylic acids is 1. The zero-order chi connectivity index (χ0) is 24.5. The summed E-state index contributed by atoms with van der Waals surface area (Å²) in [5, 5.41) is 9.10. The highest BCUT2D eigenvalue weighted by molar-refractivity contribution is 5.88. The summed E-state index contributed by atoms with van der Waals surface area (Å²) < 4.78 is 0. The number of amides is 1. The molecule has 0 aliphatic rings. The molecule has 176 valence electrons. The Balaban J connectivity index is 1.44. The average molecular weight is 464 g/mol. The van der Waals surface area contributed by atoms with E-state index in [0.717, 1.165) is 29.5 Å². The van der Waals surface area contributed by atoms with Crippen molar-refractivity contribution >= 4 is 11.9 Å². The van der Waals surface area contributed by atoms with Crippen LogP contribution in [0.2, 0.25) is 0 Å². The number of carboxylic acids is 1. The zero-order valence-electron chi connectivity index (χ0n) is 19.6. The van der Waals surface area contributed by atoms with Gasteiger partial charge in [0.15, 0.2) is 0 Å². The molecule has 0 saturated heterocycles. The molecule has 0 fully saturated rings. The van der Waals surface area contributed by atoms with Crippen LogP contribution in [0.3, 0.4) is 0 Å². The van der Waals surface area contributed by atoms with E-state index in [1.807, 2.05) is 77.7 Å². The molecular formula is C31H29NO3. The molecule has 0 unspecified atom stereocenters. The molecule has 0 atom stereocenters. The van der Waals surface area contributed by atoms with Crippen molar-refractivity contribution < 1.29 is 14.7 Å². The van der Waals surface area contributed by atoms with Gasteiger partial charge in [-0.25, -0.2) is 4.79 Å². The molecule has 0 radical (unpaired) electrons. The second-order valence-electron chi connectivity index (χ2n) is 8.62. The first kappa shape index (κ1) is 24.0. The second-order valence-corrected chi connectivity index (χ2v) is 8.62. The molecule has 4 heteroatoms. The highest BCUT2D eigenvalue weighted by Gasteiger charge is 2.15. The van der Waals surface area contributed by atoms with E-state index in [1.54, 1.807) is 12.1 Å². The predicted molar refractivity (Wildman–Crippen MR) is 139 cm³/mol. The van der Waals surface area contributed by atoms with Crippen LogP contribution in [0.1, 0.15) is 33.5 Å². The van der Waals surface area contributed by atoms with Crippen molar-refractivity contribution in [2.24, 2.45) is 0 Å². The Kier molecular flexibility index (Phi) is 8.08. The molecule has 35 heavy (non-hydrogen) atoms. The van der Waals surface area contributed by atoms with Crippen LogP contribution in [0.5, 0.6) is 0 Å². The fourth-order valence-corrected chi connectivity index (χ4v) is 4.08. The molecule has 1 N–H and O–H groups in total. The van der Waals surface area contributed by atoms with Gasteiger partial charge in [0.2, 0.25) is 5.91 Å². The SMILES string of the molecule is O=C(O)c1ccc(-c2ccc(CN(CCc3ccccc3)C(=O)CCc3ccccc3)cc2)cc1. The van der Waals surface area contributed by atoms with Gasteiger partial charge in [-0.15, -0.1) is 0 Å². The smallest absolute Gasteiger partial charge is 0.335 e. The van der Waals surface area contributed by atoms with E-state index in [0.29, 0.717) is 19.5 Å². The maximum atomic E-state index is 13.2. The standard InChI is InChI=1S/C31H29NO3/c33-30(20-13-24-7-3-1-4-8-24)32(22-21-25-9-5-2-6-10-25)23-26-11-14-27(15-12-26)28-16-18-29(19-17-28)31(34)35/h1-12,14-19H,13,20-23H2,(H,34,35). The summed E-state index contributed by atoms with van der Waals surface area (Å²) in [5.74, 6) is -0.780. The first-order valence-electron chi connectivity index (χ1n) is 11.9. The third-order valence-corrected chi connectivity index (χ3v) is 6.13. The number of rotatable bonds is 10. The predicted octanol–water partition coefficient (Wildman–Crippen LogP) is 6.26. The van der Waals surface area contributed by atoms with E-state index in [9.17, 15) is 9.59 Å². The van der Waals surface area contributed by atoms with Crippen LogP contribution < -0.4 is 0 Å². The van der Waals surface area contributed by atoms with Gasteiger partial charge in [0.05, 0.1) is 5.56 Å². The maximum Gasteiger partial charge on any atom is 0.335 e. The third kappa shape index (κ3) is 6.90. The molecule has 4 aromatic carbocycles. The average Bonchev–Trinajstić information content (AvgIpc) is 2.91. The fraction of sp³-hybridized carbons (Fsp3) is 0.161. The molecule has 0 aromatic heterocycles. The Morgan fingerprint density at radius 3 is 1.66 bits per heavy atom. The van der Waals surface area contributed by atoms with Gasteiger partial charge < -0.3 is 10.0 Å². The van der Waals surface area contributed by atoms with Crippen molar-refractivity contribution in [3.8, 4) is 11.1 Å². The molecule has 4 nitrogen and oxygen atoms in total. The Morgan fingerprint density at radius 2 is 1.11 bits per heavy atom. The van der Waals surface area contributed by atoms with Gasteiger partial charge in [-0.2, -0.15) is 0 Å². The topological polar surface area (TPSA) is 57.6 Å². The van der Waals surface area contributed by atoms with E-state index in [1.165, 1.54) is 11.1 Å². The minimum Gasteiger partial charge on any atom is -0.478 e. The first-order chi connectivity index (χ1) is 17.1. The Bertz CT molecular complexity index is 1230. The minimum absolute atomic E-state index is 0.151. The maximum absolute atomic E-state index is 13.2. The molecular weight excluding hydrogens is 434 g/mol. The summed E-state index contributed by atoms with van der Waals surface area (Å²) in [6, 6.07) is 35.3. The number of benzene rings is 4. The number of carbonyl (C=O) groups is 2. The Labute approximate surface area is 206 Å². The highest BCUT2D eigenvalue weighted by Crippen LogP contribution is 2.21. The van der Waals surface area contributed by atoms with Crippen LogP contribution in [0.4, 0.5) is 0 Å². The quantitative estimate of drug-likeness (QED) is 0.302. The lowest BCUT2D eigenvalue weighted by molar-refractivity contribution is -0.131. The van der Waals surface area contributed by atoms with Crippen molar-refractivity contribution in [1.29, 1.82) is 0 Å². The van der Waals surface area contributed by atoms with E-state index >= 15 is 0 Å². The van der Waals surface area contributed by atoms with Crippen LogP contribution in [0.25, 0.3) is 11.1 Å². The van der Waals surface area contributed by atoms with Crippen LogP contribution in [-0.4, -0.2) is 28.4 Å². The number of hydrogen-bond donors (Lipinski definition) is 1. The molecule has 0 aliphatic heterocycles. The number of hydrogen-bond acceptors (Lipinski definition) is 2. The third-order valence-electron chi connectivity index (χ3n) is 6.13. The van der Waals surface area contributed by atoms with Crippen LogP contribution in [-0.2, 0) is 24.2 Å². The van der Waals surface area contributed by atoms with Gasteiger partial charge in [0, 0.05) is 19.5 Å². The van der Waals surface area contributed by atoms with Crippen molar-refractivity contribution in [2.45, 2.75) is 25.8 Å². The lowest BCUT2D eigenvalue weighted by atomic mass is 10.0. The highest BCUT2D eigenvalue weighted by atomic mass is 16.4. The summed E-state index contributed by atoms with van der Waals surface area (Å²) in [4.78, 5) is 26.2. The van der Waals surface area contributed by atoms with E-state index < -0.39 is 5.97 Å². The van der Waals surface area contributed by atoms with E-state index in [4.69, 9.17) is 5.11 Å². The molecule has 0 bridgehead atoms. The van der Waals surface area contributed by atoms with Crippen molar-refractivity contribution in [2.75, 3.05) is 6.54 Å². The molecule has 1 amide bonds. The Hall–Kier alpha value is -4.18. The largest absolute Gasteiger partial charge is 0.478 e. The van der Waals surface area contributed by atoms with Crippen LogP contribution in [0, 0.1) is 0 Å². The molecule has 0 heterocycles. The van der Waals surface area contributed by atoms with Gasteiger partial charge in [-0.05, 0) is 52.8 Å². The lowest BCUT2D eigenvalue weighted by Gasteiger charge is -2.23. The minimum atomic E-state index is -0.931. The number of carboxylic acid groups (broad SMARTS) is 1. The van der Waals surface area contributed by atoms with Crippen LogP contribution in [0.15, 0.2) is 109 Å². The van der Waals surface area contributed by atoms with Crippen molar-refractivity contribution in [3.63, 3.8) is 0 Å². The second kappa shape index (κ2) is 11.8. The summed E-state index contributed by atoms with van der Waals surface area (Å²) in [6.07, 6.45) is 2.02. The van der Waals surface area contributed by atoms with Gasteiger partial charge in [-0.3, -0.25) is 4.79 Å². The molecule has 0 aliphatic carbocycles. The molecule has 4 rings (SSSR count). The van der Waals surface area contributed by atoms with Crippen LogP contribution >= 0.6 is 0 Å². The first-order valence-corrected chi connectivity index (χ1v) is 11.9. The zero-order valence-corrected chi connectivity index (χ0v) is 19.6. The number of carbonyl (C=O) groups excluding carboxylic acids is 1. The van der Waals surface area contributed by atoms with Gasteiger partial charge >= 0.3 is 5.97 Å². The van der Waals surface area contributed by atoms with Gasteiger partial charge in [-0.1, -0.05) is 97.1 Å². The summed E-state index contributed by atoms with van der Waals surface area (Å²) in [7, 11) is 0. The Morgan fingerprint density at radius 1 is 0.600 bits per heavy atom. The molecule has 0 saturated carbocycles. The number of aryl methyl sites for hydroxylation is 1. The molecule has 0 spiro atoms. The summed E-state index contributed by atoms with van der Waals surface area (Å²) in [6.45, 7) is 1.22. The summed E-state index contributed by atoms with van der Waals surface area (Å²) >= 11 is 0. The van der Waals surface area contributed by atoms with Gasteiger partial charge in [0.25, 0.3) is 0 Å². The van der Waals surface area contributed by atoms with Gasteiger partial charge in [0.1, 0.15) is 0 Å².